The summed E-state index contributed by atoms with van der Waals surface area (Å²) in [5.74, 6) is -5.37. The van der Waals surface area contributed by atoms with Crippen LogP contribution in [0, 0.1) is 17.6 Å². The number of ether oxygens (including phenoxy) is 2. The molecule has 1 aromatic carbocycles. The van der Waals surface area contributed by atoms with Crippen molar-refractivity contribution in [2.45, 2.75) is 5.66 Å². The zero-order valence-electron chi connectivity index (χ0n) is 14.2. The molecule has 1 aliphatic carbocycles. The molecular formula is C18H19F3N2O3. The van der Waals surface area contributed by atoms with E-state index in [0.29, 0.717) is 26.3 Å². The van der Waals surface area contributed by atoms with Crippen molar-refractivity contribution in [3.05, 3.63) is 53.4 Å². The molecule has 1 fully saturated rings. The third-order valence-electron chi connectivity index (χ3n) is 4.72. The average molecular weight is 368 g/mol. The Hall–Kier alpha value is -2.16. The topological polar surface area (TPSA) is 64.8 Å². The number of methoxy groups -OCH3 is 1. The Kier molecular flexibility index (Phi) is 5.17. The molecule has 140 valence electrons. The Balaban J connectivity index is 2.11. The van der Waals surface area contributed by atoms with Crippen LogP contribution in [0.5, 0.6) is 0 Å². The van der Waals surface area contributed by atoms with Gasteiger partial charge in [0, 0.05) is 18.7 Å². The van der Waals surface area contributed by atoms with Crippen molar-refractivity contribution in [3.8, 4) is 0 Å². The van der Waals surface area contributed by atoms with Gasteiger partial charge in [-0.1, -0.05) is 12.1 Å². The van der Waals surface area contributed by atoms with Crippen LogP contribution in [-0.4, -0.2) is 49.9 Å². The summed E-state index contributed by atoms with van der Waals surface area (Å²) < 4.78 is 53.5. The van der Waals surface area contributed by atoms with Gasteiger partial charge in [-0.05, 0) is 18.2 Å². The first-order valence-corrected chi connectivity index (χ1v) is 8.13. The fourth-order valence-electron chi connectivity index (χ4n) is 3.36. The lowest BCUT2D eigenvalue weighted by Crippen LogP contribution is -2.65. The molecule has 2 N–H and O–H groups in total. The SMILES string of the molecule is COC(=O)C1C(F)=C(c2c(F)cccc2F)C=CC1(N)N1CCOCC1. The standard InChI is InChI=1S/C18H19F3N2O3/c1-25-17(24)15-16(21)11(14-12(19)3-2-4-13(14)20)5-6-18(15,22)23-7-9-26-10-8-23/h2-6,15H,7-10,22H2,1H3. The first kappa shape index (κ1) is 18.6. The molecule has 0 amide bonds. The summed E-state index contributed by atoms with van der Waals surface area (Å²) in [7, 11) is 1.11. The van der Waals surface area contributed by atoms with E-state index >= 15 is 4.39 Å². The zero-order valence-corrected chi connectivity index (χ0v) is 14.2. The van der Waals surface area contributed by atoms with Crippen molar-refractivity contribution in [1.29, 1.82) is 0 Å². The second kappa shape index (κ2) is 7.22. The van der Waals surface area contributed by atoms with E-state index in [1.807, 2.05) is 0 Å². The van der Waals surface area contributed by atoms with Gasteiger partial charge in [0.25, 0.3) is 0 Å². The van der Waals surface area contributed by atoms with E-state index in [0.717, 1.165) is 19.2 Å². The minimum atomic E-state index is -1.55. The highest BCUT2D eigenvalue weighted by molar-refractivity contribution is 5.87. The Labute approximate surface area is 148 Å². The summed E-state index contributed by atoms with van der Waals surface area (Å²) in [4.78, 5) is 14.0. The third-order valence-corrected chi connectivity index (χ3v) is 4.72. The maximum absolute atomic E-state index is 15.3. The molecule has 0 bridgehead atoms. The number of morpholine rings is 1. The van der Waals surface area contributed by atoms with Gasteiger partial charge in [-0.25, -0.2) is 13.2 Å². The highest BCUT2D eigenvalue weighted by atomic mass is 19.1. The van der Waals surface area contributed by atoms with E-state index in [9.17, 15) is 13.6 Å². The monoisotopic (exact) mass is 368 g/mol. The number of allylic oxidation sites excluding steroid dienone is 2. The predicted octanol–water partition coefficient (Wildman–Crippen LogP) is 1.99. The third kappa shape index (κ3) is 3.04. The summed E-state index contributed by atoms with van der Waals surface area (Å²) in [6, 6.07) is 3.22. The molecule has 5 nitrogen and oxygen atoms in total. The molecule has 1 heterocycles. The maximum Gasteiger partial charge on any atom is 0.319 e. The molecule has 2 atom stereocenters. The summed E-state index contributed by atoms with van der Waals surface area (Å²) in [5, 5.41) is 0. The smallest absolute Gasteiger partial charge is 0.319 e. The van der Waals surface area contributed by atoms with Crippen LogP contribution in [0.2, 0.25) is 0 Å². The average Bonchev–Trinajstić information content (AvgIpc) is 2.64. The van der Waals surface area contributed by atoms with E-state index in [1.165, 1.54) is 18.2 Å². The zero-order chi connectivity index (χ0) is 18.9. The molecule has 1 saturated heterocycles. The Bertz CT molecular complexity index is 755. The molecule has 8 heteroatoms. The molecule has 1 aliphatic heterocycles. The van der Waals surface area contributed by atoms with Crippen molar-refractivity contribution in [1.82, 2.24) is 4.90 Å². The number of benzene rings is 1. The summed E-state index contributed by atoms with van der Waals surface area (Å²) in [6.07, 6.45) is 2.61. The molecule has 2 unspecified atom stereocenters. The van der Waals surface area contributed by atoms with Crippen LogP contribution in [0.4, 0.5) is 13.2 Å². The molecule has 1 aromatic rings. The van der Waals surface area contributed by atoms with Gasteiger partial charge in [-0.15, -0.1) is 0 Å². The van der Waals surface area contributed by atoms with Crippen LogP contribution in [-0.2, 0) is 14.3 Å². The molecule has 3 rings (SSSR count). The Morgan fingerprint density at radius 2 is 1.88 bits per heavy atom. The molecule has 0 saturated carbocycles. The van der Waals surface area contributed by atoms with Gasteiger partial charge >= 0.3 is 5.97 Å². The largest absolute Gasteiger partial charge is 0.468 e. The van der Waals surface area contributed by atoms with Crippen molar-refractivity contribution in [2.75, 3.05) is 33.4 Å². The molecule has 0 aromatic heterocycles. The Morgan fingerprint density at radius 1 is 1.27 bits per heavy atom. The van der Waals surface area contributed by atoms with Crippen molar-refractivity contribution in [3.63, 3.8) is 0 Å². The van der Waals surface area contributed by atoms with E-state index < -0.39 is 40.6 Å². The number of hydrogen-bond acceptors (Lipinski definition) is 5. The Morgan fingerprint density at radius 3 is 2.46 bits per heavy atom. The molecular weight excluding hydrogens is 349 g/mol. The van der Waals surface area contributed by atoms with Crippen LogP contribution in [0.3, 0.4) is 0 Å². The number of halogens is 3. The lowest BCUT2D eigenvalue weighted by molar-refractivity contribution is -0.150. The predicted molar refractivity (Wildman–Crippen MR) is 88.3 cm³/mol. The molecule has 26 heavy (non-hydrogen) atoms. The van der Waals surface area contributed by atoms with Gasteiger partial charge in [-0.3, -0.25) is 9.69 Å². The first-order valence-electron chi connectivity index (χ1n) is 8.13. The normalized spacial score (nSPS) is 26.9. The number of carbonyl (C=O) groups excluding carboxylic acids is 1. The molecule has 0 radical (unpaired) electrons. The van der Waals surface area contributed by atoms with Gasteiger partial charge in [0.05, 0.1) is 25.9 Å². The lowest BCUT2D eigenvalue weighted by Gasteiger charge is -2.45. The second-order valence-corrected chi connectivity index (χ2v) is 6.13. The minimum absolute atomic E-state index is 0.356. The van der Waals surface area contributed by atoms with E-state index in [-0.39, 0.29) is 5.57 Å². The fraction of sp³-hybridized carbons (Fsp3) is 0.389. The van der Waals surface area contributed by atoms with Crippen LogP contribution in [0.25, 0.3) is 5.57 Å². The van der Waals surface area contributed by atoms with Gasteiger partial charge in [0.15, 0.2) is 0 Å². The number of rotatable bonds is 3. The molecule has 2 aliphatic rings. The number of nitrogens with two attached hydrogens (primary N) is 1. The minimum Gasteiger partial charge on any atom is -0.468 e. The van der Waals surface area contributed by atoms with Gasteiger partial charge < -0.3 is 15.2 Å². The van der Waals surface area contributed by atoms with Gasteiger partial charge in [0.1, 0.15) is 29.0 Å². The summed E-state index contributed by atoms with van der Waals surface area (Å²) in [6.45, 7) is 1.51. The van der Waals surface area contributed by atoms with E-state index in [1.54, 1.807) is 4.90 Å². The van der Waals surface area contributed by atoms with Crippen LogP contribution < -0.4 is 5.73 Å². The number of hydrogen-bond donors (Lipinski definition) is 1. The maximum atomic E-state index is 15.3. The van der Waals surface area contributed by atoms with E-state index in [4.69, 9.17) is 15.2 Å². The highest BCUT2D eigenvalue weighted by Gasteiger charge is 2.49. The van der Waals surface area contributed by atoms with Crippen LogP contribution >= 0.6 is 0 Å². The summed E-state index contributed by atoms with van der Waals surface area (Å²) >= 11 is 0. The van der Waals surface area contributed by atoms with Crippen molar-refractivity contribution in [2.24, 2.45) is 11.7 Å². The quantitative estimate of drug-likeness (QED) is 0.827. The van der Waals surface area contributed by atoms with Crippen molar-refractivity contribution < 1.29 is 27.4 Å². The second-order valence-electron chi connectivity index (χ2n) is 6.13. The van der Waals surface area contributed by atoms with Crippen molar-refractivity contribution >= 4 is 11.5 Å². The van der Waals surface area contributed by atoms with Gasteiger partial charge in [-0.2, -0.15) is 0 Å². The first-order chi connectivity index (χ1) is 12.4. The van der Waals surface area contributed by atoms with Gasteiger partial charge in [0.2, 0.25) is 0 Å². The highest BCUT2D eigenvalue weighted by Crippen LogP contribution is 2.41. The number of esters is 1. The fourth-order valence-corrected chi connectivity index (χ4v) is 3.36. The number of nitrogens with zero attached hydrogens (tertiary/aromatic N) is 1. The van der Waals surface area contributed by atoms with Crippen LogP contribution in [0.15, 0.2) is 36.2 Å². The number of carbonyl (C=O) groups is 1. The summed E-state index contributed by atoms with van der Waals surface area (Å²) in [5.41, 5.74) is 3.96. The van der Waals surface area contributed by atoms with E-state index in [2.05, 4.69) is 0 Å². The van der Waals surface area contributed by atoms with Crippen LogP contribution in [0.1, 0.15) is 5.56 Å². The lowest BCUT2D eigenvalue weighted by atomic mass is 9.81. The molecule has 0 spiro atoms.